The van der Waals surface area contributed by atoms with Gasteiger partial charge in [0.15, 0.2) is 0 Å². The minimum atomic E-state index is 0. The fraction of sp³-hybridized carbons (Fsp3) is 0.923. The average Bonchev–Trinajstić information content (AvgIpc) is 2.32. The van der Waals surface area contributed by atoms with Crippen LogP contribution in [0.15, 0.2) is 0 Å². The molecule has 1 fully saturated rings. The van der Waals surface area contributed by atoms with E-state index in [0.29, 0.717) is 18.5 Å². The van der Waals surface area contributed by atoms with Crippen LogP contribution in [0.3, 0.4) is 0 Å². The Morgan fingerprint density at radius 3 is 2.44 bits per heavy atom. The number of carbonyl (C=O) groups is 1. The van der Waals surface area contributed by atoms with Crippen LogP contribution in [-0.2, 0) is 4.79 Å². The lowest BCUT2D eigenvalue weighted by Gasteiger charge is -2.34. The summed E-state index contributed by atoms with van der Waals surface area (Å²) < 4.78 is 0. The van der Waals surface area contributed by atoms with Gasteiger partial charge in [-0.1, -0.05) is 13.8 Å². The SMILES string of the molecule is CCCN(CCC)C(=O)CN1CCNCC1C.Cl. The third-order valence-corrected chi connectivity index (χ3v) is 3.32. The van der Waals surface area contributed by atoms with Crippen LogP contribution in [0.1, 0.15) is 33.6 Å². The first kappa shape index (κ1) is 17.7. The maximum atomic E-state index is 12.2. The summed E-state index contributed by atoms with van der Waals surface area (Å²) in [6.07, 6.45) is 2.09. The molecule has 1 saturated heterocycles. The Balaban J connectivity index is 0.00000289. The Bertz CT molecular complexity index is 232. The summed E-state index contributed by atoms with van der Waals surface area (Å²) in [4.78, 5) is 16.5. The van der Waals surface area contributed by atoms with Gasteiger partial charge in [0.05, 0.1) is 6.54 Å². The van der Waals surface area contributed by atoms with Gasteiger partial charge in [0.25, 0.3) is 0 Å². The number of amides is 1. The molecule has 1 aliphatic rings. The minimum absolute atomic E-state index is 0. The second-order valence-electron chi connectivity index (χ2n) is 4.90. The summed E-state index contributed by atoms with van der Waals surface area (Å²) in [5, 5.41) is 3.35. The van der Waals surface area contributed by atoms with Gasteiger partial charge in [-0.15, -0.1) is 12.4 Å². The van der Waals surface area contributed by atoms with E-state index in [4.69, 9.17) is 0 Å². The Morgan fingerprint density at radius 1 is 1.33 bits per heavy atom. The minimum Gasteiger partial charge on any atom is -0.342 e. The molecule has 0 aromatic heterocycles. The molecule has 1 heterocycles. The molecule has 1 unspecified atom stereocenters. The molecular formula is C13H28ClN3O. The van der Waals surface area contributed by atoms with Crippen molar-refractivity contribution in [2.24, 2.45) is 0 Å². The number of nitrogens with zero attached hydrogens (tertiary/aromatic N) is 2. The third kappa shape index (κ3) is 5.55. The molecule has 1 amide bonds. The molecule has 1 rings (SSSR count). The molecule has 0 aromatic carbocycles. The van der Waals surface area contributed by atoms with Gasteiger partial charge in [-0.3, -0.25) is 9.69 Å². The quantitative estimate of drug-likeness (QED) is 0.796. The molecule has 18 heavy (non-hydrogen) atoms. The van der Waals surface area contributed by atoms with E-state index in [-0.39, 0.29) is 12.4 Å². The number of hydrogen-bond acceptors (Lipinski definition) is 3. The number of piperazine rings is 1. The van der Waals surface area contributed by atoms with E-state index in [2.05, 4.69) is 31.0 Å². The zero-order chi connectivity index (χ0) is 12.7. The highest BCUT2D eigenvalue weighted by Crippen LogP contribution is 2.04. The lowest BCUT2D eigenvalue weighted by molar-refractivity contribution is -0.133. The van der Waals surface area contributed by atoms with Gasteiger partial charge >= 0.3 is 0 Å². The van der Waals surface area contributed by atoms with Crippen LogP contribution in [-0.4, -0.2) is 61.0 Å². The molecule has 0 bridgehead atoms. The molecular weight excluding hydrogens is 250 g/mol. The van der Waals surface area contributed by atoms with Crippen molar-refractivity contribution in [3.05, 3.63) is 0 Å². The van der Waals surface area contributed by atoms with E-state index in [9.17, 15) is 4.79 Å². The Kier molecular flexibility index (Phi) is 9.42. The van der Waals surface area contributed by atoms with Gasteiger partial charge in [0.1, 0.15) is 0 Å². The van der Waals surface area contributed by atoms with Crippen molar-refractivity contribution in [1.82, 2.24) is 15.1 Å². The second-order valence-corrected chi connectivity index (χ2v) is 4.90. The van der Waals surface area contributed by atoms with Gasteiger partial charge in [0, 0.05) is 38.8 Å². The highest BCUT2D eigenvalue weighted by molar-refractivity contribution is 5.85. The van der Waals surface area contributed by atoms with Crippen molar-refractivity contribution in [2.75, 3.05) is 39.3 Å². The normalized spacial score (nSPS) is 20.3. The second kappa shape index (κ2) is 9.59. The van der Waals surface area contributed by atoms with E-state index in [0.717, 1.165) is 45.6 Å². The Morgan fingerprint density at radius 2 is 1.94 bits per heavy atom. The lowest BCUT2D eigenvalue weighted by Crippen LogP contribution is -2.53. The van der Waals surface area contributed by atoms with E-state index < -0.39 is 0 Å². The van der Waals surface area contributed by atoms with Crippen molar-refractivity contribution in [2.45, 2.75) is 39.7 Å². The highest BCUT2D eigenvalue weighted by atomic mass is 35.5. The summed E-state index contributed by atoms with van der Waals surface area (Å²) in [7, 11) is 0. The number of halogens is 1. The van der Waals surface area contributed by atoms with Crippen molar-refractivity contribution >= 4 is 18.3 Å². The van der Waals surface area contributed by atoms with E-state index >= 15 is 0 Å². The topological polar surface area (TPSA) is 35.6 Å². The van der Waals surface area contributed by atoms with Crippen molar-refractivity contribution < 1.29 is 4.79 Å². The molecule has 0 aliphatic carbocycles. The molecule has 4 nitrogen and oxygen atoms in total. The molecule has 5 heteroatoms. The Labute approximate surface area is 117 Å². The van der Waals surface area contributed by atoms with Crippen LogP contribution in [0.5, 0.6) is 0 Å². The number of hydrogen-bond donors (Lipinski definition) is 1. The zero-order valence-corrected chi connectivity index (χ0v) is 12.8. The summed E-state index contributed by atoms with van der Waals surface area (Å²) in [5.41, 5.74) is 0. The maximum Gasteiger partial charge on any atom is 0.236 e. The predicted molar refractivity (Wildman–Crippen MR) is 78.3 cm³/mol. The van der Waals surface area contributed by atoms with Crippen LogP contribution in [0.4, 0.5) is 0 Å². The fourth-order valence-corrected chi connectivity index (χ4v) is 2.29. The first-order valence-electron chi connectivity index (χ1n) is 6.91. The largest absolute Gasteiger partial charge is 0.342 e. The van der Waals surface area contributed by atoms with E-state index in [1.807, 2.05) is 4.90 Å². The lowest BCUT2D eigenvalue weighted by atomic mass is 10.2. The molecule has 0 aromatic rings. The molecule has 0 saturated carbocycles. The van der Waals surface area contributed by atoms with E-state index in [1.54, 1.807) is 0 Å². The average molecular weight is 278 g/mol. The van der Waals surface area contributed by atoms with Gasteiger partial charge in [0.2, 0.25) is 5.91 Å². The van der Waals surface area contributed by atoms with Gasteiger partial charge in [-0.25, -0.2) is 0 Å². The van der Waals surface area contributed by atoms with Crippen LogP contribution in [0.25, 0.3) is 0 Å². The first-order chi connectivity index (χ1) is 8.19. The molecule has 1 atom stereocenters. The van der Waals surface area contributed by atoms with Crippen LogP contribution < -0.4 is 5.32 Å². The molecule has 0 radical (unpaired) electrons. The molecule has 0 spiro atoms. The first-order valence-corrected chi connectivity index (χ1v) is 6.91. The summed E-state index contributed by atoms with van der Waals surface area (Å²) >= 11 is 0. The molecule has 1 N–H and O–H groups in total. The number of carbonyl (C=O) groups excluding carboxylic acids is 1. The predicted octanol–water partition coefficient (Wildman–Crippen LogP) is 1.35. The van der Waals surface area contributed by atoms with Crippen LogP contribution in [0, 0.1) is 0 Å². The van der Waals surface area contributed by atoms with Crippen LogP contribution in [0.2, 0.25) is 0 Å². The molecule has 1 aliphatic heterocycles. The zero-order valence-electron chi connectivity index (χ0n) is 11.9. The third-order valence-electron chi connectivity index (χ3n) is 3.32. The van der Waals surface area contributed by atoms with Crippen molar-refractivity contribution in [3.8, 4) is 0 Å². The standard InChI is InChI=1S/C13H27N3O.ClH/c1-4-7-15(8-5-2)13(17)11-16-9-6-14-10-12(16)3;/h12,14H,4-11H2,1-3H3;1H. The monoisotopic (exact) mass is 277 g/mol. The van der Waals surface area contributed by atoms with Crippen molar-refractivity contribution in [1.29, 1.82) is 0 Å². The Hall–Kier alpha value is -0.320. The van der Waals surface area contributed by atoms with Gasteiger partial charge < -0.3 is 10.2 Å². The maximum absolute atomic E-state index is 12.2. The summed E-state index contributed by atoms with van der Waals surface area (Å²) in [6.45, 7) is 11.8. The summed E-state index contributed by atoms with van der Waals surface area (Å²) in [5.74, 6) is 0.294. The number of nitrogens with one attached hydrogen (secondary N) is 1. The van der Waals surface area contributed by atoms with Gasteiger partial charge in [-0.05, 0) is 19.8 Å². The summed E-state index contributed by atoms with van der Waals surface area (Å²) in [6, 6.07) is 0.470. The number of rotatable bonds is 6. The van der Waals surface area contributed by atoms with Gasteiger partial charge in [-0.2, -0.15) is 0 Å². The fourth-order valence-electron chi connectivity index (χ4n) is 2.29. The highest BCUT2D eigenvalue weighted by Gasteiger charge is 2.22. The van der Waals surface area contributed by atoms with Crippen molar-refractivity contribution in [3.63, 3.8) is 0 Å². The smallest absolute Gasteiger partial charge is 0.236 e. The van der Waals surface area contributed by atoms with Crippen LogP contribution >= 0.6 is 12.4 Å². The molecule has 108 valence electrons. The van der Waals surface area contributed by atoms with E-state index in [1.165, 1.54) is 0 Å².